The zero-order chi connectivity index (χ0) is 21.3. The van der Waals surface area contributed by atoms with Crippen molar-refractivity contribution in [3.05, 3.63) is 65.9 Å². The summed E-state index contributed by atoms with van der Waals surface area (Å²) in [6.07, 6.45) is 5.68. The molecular weight excluding hydrogens is 382 g/mol. The van der Waals surface area contributed by atoms with Crippen molar-refractivity contribution in [1.82, 2.24) is 15.3 Å². The van der Waals surface area contributed by atoms with E-state index in [1.807, 2.05) is 30.5 Å². The Hall–Kier alpha value is -3.23. The van der Waals surface area contributed by atoms with Crippen molar-refractivity contribution >= 4 is 5.95 Å². The molecule has 2 aliphatic heterocycles. The minimum absolute atomic E-state index is 0.353. The van der Waals surface area contributed by atoms with Gasteiger partial charge >= 0.3 is 0 Å². The van der Waals surface area contributed by atoms with Crippen molar-refractivity contribution < 1.29 is 0 Å². The Bertz CT molecular complexity index is 1110. The third-order valence-corrected chi connectivity index (χ3v) is 6.71. The lowest BCUT2D eigenvalue weighted by Crippen LogP contribution is -2.42. The van der Waals surface area contributed by atoms with Crippen LogP contribution in [0.25, 0.3) is 22.4 Å². The molecule has 2 fully saturated rings. The van der Waals surface area contributed by atoms with Gasteiger partial charge in [-0.15, -0.1) is 0 Å². The van der Waals surface area contributed by atoms with Gasteiger partial charge in [-0.2, -0.15) is 5.26 Å². The number of hydrogen-bond acceptors (Lipinski definition) is 5. The van der Waals surface area contributed by atoms with E-state index >= 15 is 0 Å². The predicted octanol–water partition coefficient (Wildman–Crippen LogP) is 4.57. The Balaban J connectivity index is 1.54. The number of rotatable bonds is 3. The van der Waals surface area contributed by atoms with Crippen LogP contribution in [0.1, 0.15) is 30.4 Å². The lowest BCUT2D eigenvalue weighted by molar-refractivity contribution is 0.239. The van der Waals surface area contributed by atoms with E-state index in [0.29, 0.717) is 11.0 Å². The maximum Gasteiger partial charge on any atom is 0.225 e. The molecule has 1 spiro atoms. The SMILES string of the molecule is Cc1ccc(-c2cnc(N3CCC4(CCCNC4)C3)nc2-c2ccc(C#N)cc2)cc1. The van der Waals surface area contributed by atoms with Gasteiger partial charge in [0, 0.05) is 42.4 Å². The molecule has 0 aliphatic carbocycles. The van der Waals surface area contributed by atoms with E-state index in [-0.39, 0.29) is 0 Å². The first-order chi connectivity index (χ1) is 15.2. The van der Waals surface area contributed by atoms with E-state index in [1.165, 1.54) is 24.8 Å². The maximum atomic E-state index is 9.18. The molecule has 1 aromatic heterocycles. The van der Waals surface area contributed by atoms with Gasteiger partial charge in [0.05, 0.1) is 17.3 Å². The first-order valence-electron chi connectivity index (χ1n) is 11.1. The molecule has 0 amide bonds. The number of hydrogen-bond donors (Lipinski definition) is 1. The molecule has 0 saturated carbocycles. The Labute approximate surface area is 183 Å². The van der Waals surface area contributed by atoms with Gasteiger partial charge in [0.1, 0.15) is 0 Å². The minimum atomic E-state index is 0.353. The molecule has 2 aliphatic rings. The highest BCUT2D eigenvalue weighted by atomic mass is 15.3. The van der Waals surface area contributed by atoms with Gasteiger partial charge in [-0.1, -0.05) is 42.0 Å². The molecule has 0 radical (unpaired) electrons. The van der Waals surface area contributed by atoms with Crippen molar-refractivity contribution in [3.8, 4) is 28.5 Å². The van der Waals surface area contributed by atoms with Gasteiger partial charge in [-0.25, -0.2) is 9.97 Å². The number of nitrogens with zero attached hydrogens (tertiary/aromatic N) is 4. The molecule has 3 aromatic rings. The van der Waals surface area contributed by atoms with Crippen LogP contribution in [0.3, 0.4) is 0 Å². The Kier molecular flexibility index (Phi) is 5.17. The van der Waals surface area contributed by atoms with E-state index in [1.54, 1.807) is 0 Å². The summed E-state index contributed by atoms with van der Waals surface area (Å²) in [5, 5.41) is 12.8. The molecule has 2 saturated heterocycles. The second-order valence-corrected chi connectivity index (χ2v) is 8.94. The highest BCUT2D eigenvalue weighted by Crippen LogP contribution is 2.39. The summed E-state index contributed by atoms with van der Waals surface area (Å²) in [6.45, 7) is 6.32. The molecule has 31 heavy (non-hydrogen) atoms. The summed E-state index contributed by atoms with van der Waals surface area (Å²) in [6, 6.07) is 18.4. The second kappa shape index (κ2) is 8.13. The fourth-order valence-corrected chi connectivity index (χ4v) is 4.88. The fourth-order valence-electron chi connectivity index (χ4n) is 4.88. The zero-order valence-electron chi connectivity index (χ0n) is 17.9. The molecule has 0 bridgehead atoms. The van der Waals surface area contributed by atoms with Crippen molar-refractivity contribution in [3.63, 3.8) is 0 Å². The molecule has 1 atom stereocenters. The lowest BCUT2D eigenvalue weighted by atomic mass is 9.80. The van der Waals surface area contributed by atoms with E-state index in [4.69, 9.17) is 9.97 Å². The van der Waals surface area contributed by atoms with Crippen LogP contribution in [0.5, 0.6) is 0 Å². The van der Waals surface area contributed by atoms with Crippen LogP contribution in [0.15, 0.2) is 54.7 Å². The number of piperidine rings is 1. The molecule has 1 N–H and O–H groups in total. The molecule has 1 unspecified atom stereocenters. The number of aryl methyl sites for hydroxylation is 1. The van der Waals surface area contributed by atoms with Crippen LogP contribution in [0.2, 0.25) is 0 Å². The third-order valence-electron chi connectivity index (χ3n) is 6.71. The molecule has 5 nitrogen and oxygen atoms in total. The highest BCUT2D eigenvalue weighted by molar-refractivity contribution is 5.81. The van der Waals surface area contributed by atoms with Crippen molar-refractivity contribution in [2.45, 2.75) is 26.2 Å². The summed E-state index contributed by atoms with van der Waals surface area (Å²) in [7, 11) is 0. The number of benzene rings is 2. The average Bonchev–Trinajstić information content (AvgIpc) is 3.23. The van der Waals surface area contributed by atoms with Crippen LogP contribution in [-0.2, 0) is 0 Å². The van der Waals surface area contributed by atoms with Crippen molar-refractivity contribution in [2.24, 2.45) is 5.41 Å². The van der Waals surface area contributed by atoms with Crippen LogP contribution < -0.4 is 10.2 Å². The monoisotopic (exact) mass is 409 g/mol. The Morgan fingerprint density at radius 1 is 1.03 bits per heavy atom. The second-order valence-electron chi connectivity index (χ2n) is 8.94. The van der Waals surface area contributed by atoms with Gasteiger partial charge in [0.25, 0.3) is 0 Å². The van der Waals surface area contributed by atoms with Crippen LogP contribution >= 0.6 is 0 Å². The first-order valence-corrected chi connectivity index (χ1v) is 11.1. The van der Waals surface area contributed by atoms with Gasteiger partial charge in [-0.3, -0.25) is 0 Å². The normalized spacial score (nSPS) is 20.7. The zero-order valence-corrected chi connectivity index (χ0v) is 17.9. The summed E-state index contributed by atoms with van der Waals surface area (Å²) in [5.74, 6) is 0.803. The molecule has 3 heterocycles. The van der Waals surface area contributed by atoms with Gasteiger partial charge < -0.3 is 10.2 Å². The number of nitriles is 1. The van der Waals surface area contributed by atoms with Gasteiger partial charge in [0.2, 0.25) is 5.95 Å². The number of aromatic nitrogens is 2. The minimum Gasteiger partial charge on any atom is -0.340 e. The molecule has 5 rings (SSSR count). The Morgan fingerprint density at radius 2 is 1.81 bits per heavy atom. The highest BCUT2D eigenvalue weighted by Gasteiger charge is 2.39. The van der Waals surface area contributed by atoms with Crippen molar-refractivity contribution in [2.75, 3.05) is 31.1 Å². The van der Waals surface area contributed by atoms with Crippen LogP contribution in [-0.4, -0.2) is 36.1 Å². The maximum absolute atomic E-state index is 9.18. The van der Waals surface area contributed by atoms with Crippen LogP contribution in [0.4, 0.5) is 5.95 Å². The Morgan fingerprint density at radius 3 is 2.52 bits per heavy atom. The number of anilines is 1. The third kappa shape index (κ3) is 3.92. The smallest absolute Gasteiger partial charge is 0.225 e. The standard InChI is InChI=1S/C26H27N5/c1-19-3-7-21(8-4-19)23-16-29-25(30-24(23)22-9-5-20(15-27)6-10-22)31-14-12-26(18-31)11-2-13-28-17-26/h3-10,16,28H,2,11-14,17-18H2,1H3. The van der Waals surface area contributed by atoms with E-state index in [0.717, 1.165) is 54.5 Å². The summed E-state index contributed by atoms with van der Waals surface area (Å²) in [4.78, 5) is 12.2. The fraction of sp³-hybridized carbons (Fsp3) is 0.346. The van der Waals surface area contributed by atoms with Crippen LogP contribution in [0, 0.1) is 23.7 Å². The summed E-state index contributed by atoms with van der Waals surface area (Å²) >= 11 is 0. The number of nitrogens with one attached hydrogen (secondary N) is 1. The quantitative estimate of drug-likeness (QED) is 0.686. The average molecular weight is 410 g/mol. The first kappa shape index (κ1) is 19.7. The van der Waals surface area contributed by atoms with Gasteiger partial charge in [0.15, 0.2) is 0 Å². The topological polar surface area (TPSA) is 64.8 Å². The largest absolute Gasteiger partial charge is 0.340 e. The van der Waals surface area contributed by atoms with E-state index in [9.17, 15) is 5.26 Å². The summed E-state index contributed by atoms with van der Waals surface area (Å²) in [5.41, 5.74) is 6.28. The van der Waals surface area contributed by atoms with Crippen molar-refractivity contribution in [1.29, 1.82) is 5.26 Å². The lowest BCUT2D eigenvalue weighted by Gasteiger charge is -2.33. The molecule has 2 aromatic carbocycles. The molecule has 156 valence electrons. The molecular formula is C26H27N5. The summed E-state index contributed by atoms with van der Waals surface area (Å²) < 4.78 is 0. The van der Waals surface area contributed by atoms with Gasteiger partial charge in [-0.05, 0) is 50.4 Å². The predicted molar refractivity (Wildman–Crippen MR) is 124 cm³/mol. The molecule has 5 heteroatoms. The van der Waals surface area contributed by atoms with E-state index in [2.05, 4.69) is 47.5 Å². The van der Waals surface area contributed by atoms with E-state index < -0.39 is 0 Å².